The number of carbonyl (C=O) groups excluding carboxylic acids is 1. The standard InChI is InChI=1S/C17H18N4O3/c1-11-18-19-15-9-20(7-8-21(11)15)17(22)16-13(10-23-2)12-5-3-4-6-14(12)24-16/h3-6H,7-10H2,1-2H3. The Morgan fingerprint density at radius 2 is 2.12 bits per heavy atom. The van der Waals surface area contributed by atoms with Crippen molar-refractivity contribution >= 4 is 16.9 Å². The molecular formula is C17H18N4O3. The maximum atomic E-state index is 13.0. The number of hydrogen-bond acceptors (Lipinski definition) is 5. The van der Waals surface area contributed by atoms with Crippen LogP contribution in [-0.4, -0.2) is 39.2 Å². The Morgan fingerprint density at radius 1 is 1.29 bits per heavy atom. The summed E-state index contributed by atoms with van der Waals surface area (Å²) in [6.45, 7) is 3.99. The fraction of sp³-hybridized carbons (Fsp3) is 0.353. The van der Waals surface area contributed by atoms with Gasteiger partial charge in [0.15, 0.2) is 11.6 Å². The first-order chi connectivity index (χ1) is 11.7. The van der Waals surface area contributed by atoms with Gasteiger partial charge in [0.25, 0.3) is 5.91 Å². The quantitative estimate of drug-likeness (QED) is 0.737. The van der Waals surface area contributed by atoms with E-state index < -0.39 is 0 Å². The average Bonchev–Trinajstić information content (AvgIpc) is 3.16. The van der Waals surface area contributed by atoms with E-state index in [0.29, 0.717) is 37.6 Å². The summed E-state index contributed by atoms with van der Waals surface area (Å²) in [6.07, 6.45) is 0. The fourth-order valence-electron chi connectivity index (χ4n) is 3.18. The van der Waals surface area contributed by atoms with Crippen molar-refractivity contribution in [3.63, 3.8) is 0 Å². The summed E-state index contributed by atoms with van der Waals surface area (Å²) in [5, 5.41) is 9.14. The molecule has 0 saturated carbocycles. The van der Waals surface area contributed by atoms with Crippen LogP contribution in [0.15, 0.2) is 28.7 Å². The van der Waals surface area contributed by atoms with Crippen LogP contribution >= 0.6 is 0 Å². The Balaban J connectivity index is 1.70. The smallest absolute Gasteiger partial charge is 0.290 e. The highest BCUT2D eigenvalue weighted by molar-refractivity contribution is 5.99. The molecule has 0 N–H and O–H groups in total. The molecule has 0 aliphatic carbocycles. The monoisotopic (exact) mass is 326 g/mol. The molecule has 7 heteroatoms. The molecule has 0 fully saturated rings. The third-order valence-electron chi connectivity index (χ3n) is 4.41. The van der Waals surface area contributed by atoms with E-state index in [1.807, 2.05) is 35.8 Å². The molecule has 4 rings (SSSR count). The lowest BCUT2D eigenvalue weighted by Crippen LogP contribution is -2.38. The lowest BCUT2D eigenvalue weighted by atomic mass is 10.1. The van der Waals surface area contributed by atoms with E-state index in [2.05, 4.69) is 10.2 Å². The molecule has 1 amide bonds. The normalized spacial score (nSPS) is 14.2. The molecule has 124 valence electrons. The average molecular weight is 326 g/mol. The van der Waals surface area contributed by atoms with Crippen molar-refractivity contribution in [2.45, 2.75) is 26.6 Å². The van der Waals surface area contributed by atoms with E-state index in [1.54, 1.807) is 12.0 Å². The summed E-state index contributed by atoms with van der Waals surface area (Å²) in [6, 6.07) is 7.63. The highest BCUT2D eigenvalue weighted by Gasteiger charge is 2.29. The lowest BCUT2D eigenvalue weighted by Gasteiger charge is -2.27. The maximum absolute atomic E-state index is 13.0. The second-order valence-electron chi connectivity index (χ2n) is 5.88. The first-order valence-electron chi connectivity index (χ1n) is 7.86. The van der Waals surface area contributed by atoms with Gasteiger partial charge in [-0.2, -0.15) is 0 Å². The number of para-hydroxylation sites is 1. The Kier molecular flexibility index (Phi) is 3.57. The number of aryl methyl sites for hydroxylation is 1. The molecular weight excluding hydrogens is 308 g/mol. The van der Waals surface area contributed by atoms with E-state index in [9.17, 15) is 4.79 Å². The maximum Gasteiger partial charge on any atom is 0.290 e. The Bertz CT molecular complexity index is 912. The molecule has 1 aliphatic heterocycles. The molecule has 0 saturated heterocycles. The summed E-state index contributed by atoms with van der Waals surface area (Å²) >= 11 is 0. The number of carbonyl (C=O) groups is 1. The van der Waals surface area contributed by atoms with E-state index in [4.69, 9.17) is 9.15 Å². The predicted molar refractivity (Wildman–Crippen MR) is 86.4 cm³/mol. The van der Waals surface area contributed by atoms with Crippen LogP contribution in [0.1, 0.15) is 27.8 Å². The number of ether oxygens (including phenoxy) is 1. The van der Waals surface area contributed by atoms with Crippen molar-refractivity contribution in [1.29, 1.82) is 0 Å². The van der Waals surface area contributed by atoms with E-state index in [0.717, 1.165) is 22.6 Å². The first-order valence-corrected chi connectivity index (χ1v) is 7.86. The number of furan rings is 1. The van der Waals surface area contributed by atoms with Gasteiger partial charge >= 0.3 is 0 Å². The number of amides is 1. The second-order valence-corrected chi connectivity index (χ2v) is 5.88. The van der Waals surface area contributed by atoms with Gasteiger partial charge in [-0.15, -0.1) is 10.2 Å². The van der Waals surface area contributed by atoms with Gasteiger partial charge in [-0.25, -0.2) is 0 Å². The lowest BCUT2D eigenvalue weighted by molar-refractivity contribution is 0.0670. The minimum atomic E-state index is -0.134. The van der Waals surface area contributed by atoms with Gasteiger partial charge in [-0.1, -0.05) is 18.2 Å². The number of hydrogen-bond donors (Lipinski definition) is 0. The number of rotatable bonds is 3. The van der Waals surface area contributed by atoms with Crippen LogP contribution < -0.4 is 0 Å². The predicted octanol–water partition coefficient (Wildman–Crippen LogP) is 2.14. The molecule has 1 aromatic carbocycles. The van der Waals surface area contributed by atoms with E-state index in [1.165, 1.54) is 0 Å². The number of fused-ring (bicyclic) bond motifs is 2. The fourth-order valence-corrected chi connectivity index (χ4v) is 3.18. The summed E-state index contributed by atoms with van der Waals surface area (Å²) in [5.74, 6) is 1.89. The molecule has 7 nitrogen and oxygen atoms in total. The van der Waals surface area contributed by atoms with Gasteiger partial charge in [0.1, 0.15) is 11.4 Å². The second kappa shape index (κ2) is 5.76. The highest BCUT2D eigenvalue weighted by atomic mass is 16.5. The zero-order valence-electron chi connectivity index (χ0n) is 13.7. The van der Waals surface area contributed by atoms with Gasteiger partial charge in [-0.05, 0) is 13.0 Å². The first kappa shape index (κ1) is 14.9. The van der Waals surface area contributed by atoms with Gasteiger partial charge in [-0.3, -0.25) is 4.79 Å². The molecule has 2 aromatic heterocycles. The van der Waals surface area contributed by atoms with Crippen LogP contribution in [0.25, 0.3) is 11.0 Å². The van der Waals surface area contributed by atoms with Crippen molar-refractivity contribution in [2.24, 2.45) is 0 Å². The van der Waals surface area contributed by atoms with Crippen LogP contribution in [0.4, 0.5) is 0 Å². The largest absolute Gasteiger partial charge is 0.451 e. The van der Waals surface area contributed by atoms with Crippen LogP contribution in [-0.2, 0) is 24.4 Å². The molecule has 3 aromatic rings. The van der Waals surface area contributed by atoms with Gasteiger partial charge in [0, 0.05) is 31.1 Å². The molecule has 0 bridgehead atoms. The molecule has 0 atom stereocenters. The Morgan fingerprint density at radius 3 is 2.96 bits per heavy atom. The molecule has 0 spiro atoms. The summed E-state index contributed by atoms with van der Waals surface area (Å²) in [4.78, 5) is 14.8. The molecule has 1 aliphatic rings. The zero-order valence-corrected chi connectivity index (χ0v) is 13.7. The van der Waals surface area contributed by atoms with E-state index >= 15 is 0 Å². The summed E-state index contributed by atoms with van der Waals surface area (Å²) < 4.78 is 13.2. The minimum absolute atomic E-state index is 0.134. The van der Waals surface area contributed by atoms with Crippen LogP contribution in [0.3, 0.4) is 0 Å². The Hall–Kier alpha value is -2.67. The number of nitrogens with zero attached hydrogens (tertiary/aromatic N) is 4. The minimum Gasteiger partial charge on any atom is -0.451 e. The molecule has 0 radical (unpaired) electrons. The van der Waals surface area contributed by atoms with Crippen molar-refractivity contribution in [3.05, 3.63) is 47.2 Å². The van der Waals surface area contributed by atoms with Crippen molar-refractivity contribution in [1.82, 2.24) is 19.7 Å². The van der Waals surface area contributed by atoms with Crippen LogP contribution in [0, 0.1) is 6.92 Å². The van der Waals surface area contributed by atoms with Crippen LogP contribution in [0.5, 0.6) is 0 Å². The van der Waals surface area contributed by atoms with Crippen molar-refractivity contribution < 1.29 is 13.9 Å². The molecule has 3 heterocycles. The van der Waals surface area contributed by atoms with Crippen molar-refractivity contribution in [3.8, 4) is 0 Å². The third kappa shape index (κ3) is 2.28. The topological polar surface area (TPSA) is 73.4 Å². The molecule has 24 heavy (non-hydrogen) atoms. The van der Waals surface area contributed by atoms with Gasteiger partial charge in [0.2, 0.25) is 0 Å². The van der Waals surface area contributed by atoms with Crippen molar-refractivity contribution in [2.75, 3.05) is 13.7 Å². The van der Waals surface area contributed by atoms with Crippen LogP contribution in [0.2, 0.25) is 0 Å². The van der Waals surface area contributed by atoms with Gasteiger partial charge in [0.05, 0.1) is 13.2 Å². The zero-order chi connectivity index (χ0) is 16.7. The molecule has 0 unspecified atom stereocenters. The van der Waals surface area contributed by atoms with Gasteiger partial charge < -0.3 is 18.6 Å². The number of methoxy groups -OCH3 is 1. The summed E-state index contributed by atoms with van der Waals surface area (Å²) in [7, 11) is 1.61. The summed E-state index contributed by atoms with van der Waals surface area (Å²) in [5.41, 5.74) is 1.49. The third-order valence-corrected chi connectivity index (χ3v) is 4.41. The number of benzene rings is 1. The number of aromatic nitrogens is 3. The van der Waals surface area contributed by atoms with E-state index in [-0.39, 0.29) is 5.91 Å². The SMILES string of the molecule is COCc1c(C(=O)N2CCn3c(C)nnc3C2)oc2ccccc12. The Labute approximate surface area is 138 Å². The highest BCUT2D eigenvalue weighted by Crippen LogP contribution is 2.28.